The van der Waals surface area contributed by atoms with Gasteiger partial charge in [0.1, 0.15) is 24.2 Å². The second-order valence-corrected chi connectivity index (χ2v) is 6.92. The third kappa shape index (κ3) is 4.42. The van der Waals surface area contributed by atoms with Gasteiger partial charge in [0.25, 0.3) is 0 Å². The summed E-state index contributed by atoms with van der Waals surface area (Å²) in [5, 5.41) is 1.05. The third-order valence-electron chi connectivity index (χ3n) is 4.38. The number of para-hydroxylation sites is 2. The van der Waals surface area contributed by atoms with E-state index in [0.717, 1.165) is 5.56 Å². The van der Waals surface area contributed by atoms with Gasteiger partial charge in [-0.15, -0.1) is 0 Å². The van der Waals surface area contributed by atoms with Gasteiger partial charge in [-0.05, 0) is 48.9 Å². The fourth-order valence-corrected chi connectivity index (χ4v) is 3.19. The normalized spacial score (nSPS) is 10.7. The molecule has 5 nitrogen and oxygen atoms in total. The molecule has 0 unspecified atom stereocenters. The highest BCUT2D eigenvalue weighted by Gasteiger charge is 2.13. The van der Waals surface area contributed by atoms with Crippen LogP contribution in [0.15, 0.2) is 82.2 Å². The molecule has 0 fully saturated rings. The van der Waals surface area contributed by atoms with Gasteiger partial charge in [0.2, 0.25) is 11.2 Å². The molecule has 3 aromatic carbocycles. The summed E-state index contributed by atoms with van der Waals surface area (Å²) >= 11 is 6.00. The highest BCUT2D eigenvalue weighted by Crippen LogP contribution is 2.31. The Morgan fingerprint density at radius 3 is 2.53 bits per heavy atom. The van der Waals surface area contributed by atoms with Gasteiger partial charge in [-0.1, -0.05) is 35.9 Å². The number of benzene rings is 3. The molecule has 30 heavy (non-hydrogen) atoms. The van der Waals surface area contributed by atoms with Crippen LogP contribution in [0.1, 0.15) is 12.5 Å². The van der Waals surface area contributed by atoms with Crippen LogP contribution >= 0.6 is 11.6 Å². The van der Waals surface area contributed by atoms with E-state index in [2.05, 4.69) is 0 Å². The lowest BCUT2D eigenvalue weighted by Crippen LogP contribution is -2.06. The van der Waals surface area contributed by atoms with Crippen LogP contribution in [0.25, 0.3) is 11.0 Å². The summed E-state index contributed by atoms with van der Waals surface area (Å²) in [5.74, 6) is 1.68. The van der Waals surface area contributed by atoms with E-state index in [1.54, 1.807) is 30.3 Å². The van der Waals surface area contributed by atoms with Crippen LogP contribution in [-0.2, 0) is 6.61 Å². The monoisotopic (exact) mass is 422 g/mol. The lowest BCUT2D eigenvalue weighted by molar-refractivity contribution is 0.306. The number of hydrogen-bond donors (Lipinski definition) is 0. The molecule has 0 radical (unpaired) electrons. The molecular formula is C24H19ClO5. The standard InChI is InChI=1S/C24H19ClO5/c1-2-27-20-8-3-4-9-21(20)30-23-15-29-22-13-18(10-11-19(22)24(23)26)28-14-16-6-5-7-17(25)12-16/h3-13,15H,2,14H2,1H3. The molecule has 0 aliphatic rings. The fraction of sp³-hybridized carbons (Fsp3) is 0.125. The Morgan fingerprint density at radius 2 is 1.73 bits per heavy atom. The predicted molar refractivity (Wildman–Crippen MR) is 116 cm³/mol. The molecule has 6 heteroatoms. The molecule has 0 saturated carbocycles. The molecule has 0 aliphatic carbocycles. The highest BCUT2D eigenvalue weighted by molar-refractivity contribution is 6.30. The fourth-order valence-electron chi connectivity index (χ4n) is 2.97. The maximum Gasteiger partial charge on any atom is 0.235 e. The minimum absolute atomic E-state index is 0.0854. The number of hydrogen-bond acceptors (Lipinski definition) is 5. The van der Waals surface area contributed by atoms with Crippen molar-refractivity contribution in [3.63, 3.8) is 0 Å². The van der Waals surface area contributed by atoms with E-state index in [-0.39, 0.29) is 11.2 Å². The SMILES string of the molecule is CCOc1ccccc1Oc1coc2cc(OCc3cccc(Cl)c3)ccc2c1=O. The molecule has 0 spiro atoms. The van der Waals surface area contributed by atoms with Crippen LogP contribution in [0.2, 0.25) is 5.02 Å². The highest BCUT2D eigenvalue weighted by atomic mass is 35.5. The molecule has 152 valence electrons. The van der Waals surface area contributed by atoms with Crippen molar-refractivity contribution in [1.82, 2.24) is 0 Å². The summed E-state index contributed by atoms with van der Waals surface area (Å²) in [5.41, 5.74) is 1.08. The molecule has 1 heterocycles. The average molecular weight is 423 g/mol. The molecule has 4 rings (SSSR count). The summed E-state index contributed by atoms with van der Waals surface area (Å²) in [4.78, 5) is 12.8. The van der Waals surface area contributed by atoms with Gasteiger partial charge in [0.15, 0.2) is 11.5 Å². The van der Waals surface area contributed by atoms with E-state index < -0.39 is 0 Å². The molecule has 0 atom stereocenters. The molecule has 1 aromatic heterocycles. The first kappa shape index (κ1) is 19.9. The summed E-state index contributed by atoms with van der Waals surface area (Å²) in [6.45, 7) is 2.73. The molecule has 0 bridgehead atoms. The predicted octanol–water partition coefficient (Wildman–Crippen LogP) is 6.22. The third-order valence-corrected chi connectivity index (χ3v) is 4.61. The van der Waals surface area contributed by atoms with E-state index in [1.165, 1.54) is 6.26 Å². The van der Waals surface area contributed by atoms with E-state index in [9.17, 15) is 4.79 Å². The largest absolute Gasteiger partial charge is 0.490 e. The van der Waals surface area contributed by atoms with Gasteiger partial charge in [-0.2, -0.15) is 0 Å². The smallest absolute Gasteiger partial charge is 0.235 e. The van der Waals surface area contributed by atoms with Crippen molar-refractivity contribution in [1.29, 1.82) is 0 Å². The van der Waals surface area contributed by atoms with Gasteiger partial charge in [-0.25, -0.2) is 0 Å². The Bertz CT molecular complexity index is 1230. The van der Waals surface area contributed by atoms with E-state index in [1.807, 2.05) is 43.3 Å². The number of halogens is 1. The van der Waals surface area contributed by atoms with Crippen LogP contribution in [0, 0.1) is 0 Å². The topological polar surface area (TPSA) is 57.9 Å². The van der Waals surface area contributed by atoms with Gasteiger partial charge < -0.3 is 18.6 Å². The number of rotatable bonds is 7. The lowest BCUT2D eigenvalue weighted by Gasteiger charge is -2.11. The zero-order valence-corrected chi connectivity index (χ0v) is 17.0. The molecule has 0 aliphatic heterocycles. The number of ether oxygens (including phenoxy) is 3. The molecule has 0 amide bonds. The van der Waals surface area contributed by atoms with Crippen LogP contribution < -0.4 is 19.6 Å². The Balaban J connectivity index is 1.56. The Labute approximate surface area is 178 Å². The minimum Gasteiger partial charge on any atom is -0.490 e. The molecule has 0 saturated heterocycles. The van der Waals surface area contributed by atoms with Crippen molar-refractivity contribution in [2.45, 2.75) is 13.5 Å². The lowest BCUT2D eigenvalue weighted by atomic mass is 10.2. The van der Waals surface area contributed by atoms with Crippen molar-refractivity contribution >= 4 is 22.6 Å². The van der Waals surface area contributed by atoms with Gasteiger partial charge >= 0.3 is 0 Å². The summed E-state index contributed by atoms with van der Waals surface area (Å²) in [6.07, 6.45) is 1.30. The first-order valence-corrected chi connectivity index (χ1v) is 9.84. The molecule has 0 N–H and O–H groups in total. The van der Waals surface area contributed by atoms with E-state index >= 15 is 0 Å². The maximum atomic E-state index is 12.8. The summed E-state index contributed by atoms with van der Waals surface area (Å²) in [7, 11) is 0. The quantitative estimate of drug-likeness (QED) is 0.354. The van der Waals surface area contributed by atoms with Crippen molar-refractivity contribution in [3.05, 3.63) is 93.8 Å². The Hall–Kier alpha value is -3.44. The number of fused-ring (bicyclic) bond motifs is 1. The Kier molecular flexibility index (Phi) is 5.91. The maximum absolute atomic E-state index is 12.8. The van der Waals surface area contributed by atoms with E-state index in [0.29, 0.717) is 46.5 Å². The average Bonchev–Trinajstić information content (AvgIpc) is 2.76. The summed E-state index contributed by atoms with van der Waals surface area (Å²) in [6, 6.07) is 19.7. The van der Waals surface area contributed by atoms with Crippen molar-refractivity contribution < 1.29 is 18.6 Å². The first-order chi connectivity index (χ1) is 14.6. The van der Waals surface area contributed by atoms with Crippen LogP contribution in [0.4, 0.5) is 0 Å². The molecule has 4 aromatic rings. The molecular weight excluding hydrogens is 404 g/mol. The zero-order valence-electron chi connectivity index (χ0n) is 16.3. The first-order valence-electron chi connectivity index (χ1n) is 9.46. The van der Waals surface area contributed by atoms with Crippen LogP contribution in [-0.4, -0.2) is 6.61 Å². The van der Waals surface area contributed by atoms with Crippen molar-refractivity contribution in [2.75, 3.05) is 6.61 Å². The second-order valence-electron chi connectivity index (χ2n) is 6.49. The minimum atomic E-state index is -0.274. The van der Waals surface area contributed by atoms with Crippen molar-refractivity contribution in [2.24, 2.45) is 0 Å². The summed E-state index contributed by atoms with van der Waals surface area (Å²) < 4.78 is 22.7. The zero-order chi connectivity index (χ0) is 20.9. The van der Waals surface area contributed by atoms with Gasteiger partial charge in [-0.3, -0.25) is 4.79 Å². The van der Waals surface area contributed by atoms with Crippen LogP contribution in [0.3, 0.4) is 0 Å². The van der Waals surface area contributed by atoms with E-state index in [4.69, 9.17) is 30.2 Å². The van der Waals surface area contributed by atoms with Gasteiger partial charge in [0.05, 0.1) is 12.0 Å². The van der Waals surface area contributed by atoms with Crippen LogP contribution in [0.5, 0.6) is 23.0 Å². The second kappa shape index (κ2) is 8.93. The Morgan fingerprint density at radius 1 is 0.900 bits per heavy atom. The van der Waals surface area contributed by atoms with Crippen molar-refractivity contribution in [3.8, 4) is 23.0 Å². The van der Waals surface area contributed by atoms with Gasteiger partial charge in [0, 0.05) is 11.1 Å².